The predicted octanol–water partition coefficient (Wildman–Crippen LogP) is 2.82. The lowest BCUT2D eigenvalue weighted by Gasteiger charge is -2.27. The topological polar surface area (TPSA) is 60.2 Å². The largest absolute Gasteiger partial charge is 0.378 e. The highest BCUT2D eigenvalue weighted by Gasteiger charge is 2.20. The molecule has 0 amide bonds. The Hall–Kier alpha value is -1.09. The number of carbonyl (C=O) groups excluding carboxylic acids is 1. The van der Waals surface area contributed by atoms with Crippen molar-refractivity contribution in [2.75, 3.05) is 37.0 Å². The van der Waals surface area contributed by atoms with Gasteiger partial charge in [0.2, 0.25) is 5.95 Å². The number of aromatic nitrogens is 3. The number of hydrogen-bond acceptors (Lipinski definition) is 7. The predicted molar refractivity (Wildman–Crippen MR) is 93.1 cm³/mol. The first-order chi connectivity index (χ1) is 11.2. The van der Waals surface area contributed by atoms with Gasteiger partial charge in [-0.05, 0) is 19.1 Å². The highest BCUT2D eigenvalue weighted by molar-refractivity contribution is 7.99. The molecule has 124 valence electrons. The van der Waals surface area contributed by atoms with Gasteiger partial charge in [0.1, 0.15) is 0 Å². The van der Waals surface area contributed by atoms with Crippen molar-refractivity contribution in [3.63, 3.8) is 0 Å². The zero-order valence-electron chi connectivity index (χ0n) is 12.7. The number of ether oxygens (including phenoxy) is 1. The van der Waals surface area contributed by atoms with E-state index in [9.17, 15) is 4.79 Å². The van der Waals surface area contributed by atoms with E-state index < -0.39 is 0 Å². The van der Waals surface area contributed by atoms with Gasteiger partial charge in [0.15, 0.2) is 10.9 Å². The third-order valence-corrected chi connectivity index (χ3v) is 5.73. The smallest absolute Gasteiger partial charge is 0.228 e. The summed E-state index contributed by atoms with van der Waals surface area (Å²) in [6.07, 6.45) is 0. The van der Waals surface area contributed by atoms with Crippen LogP contribution in [-0.2, 0) is 11.3 Å². The minimum atomic E-state index is 0.0606. The van der Waals surface area contributed by atoms with Gasteiger partial charge in [-0.3, -0.25) is 9.36 Å². The summed E-state index contributed by atoms with van der Waals surface area (Å²) in [5, 5.41) is 9.32. The number of anilines is 1. The first kappa shape index (κ1) is 16.8. The monoisotopic (exact) mass is 372 g/mol. The fraction of sp³-hybridized carbons (Fsp3) is 0.500. The van der Waals surface area contributed by atoms with Crippen molar-refractivity contribution < 1.29 is 9.53 Å². The molecule has 0 spiro atoms. The summed E-state index contributed by atoms with van der Waals surface area (Å²) in [5.74, 6) is 1.24. The summed E-state index contributed by atoms with van der Waals surface area (Å²) >= 11 is 8.60. The van der Waals surface area contributed by atoms with Gasteiger partial charge >= 0.3 is 0 Å². The zero-order valence-corrected chi connectivity index (χ0v) is 15.1. The van der Waals surface area contributed by atoms with Crippen LogP contribution in [-0.4, -0.2) is 52.6 Å². The summed E-state index contributed by atoms with van der Waals surface area (Å²) in [5.41, 5.74) is 0. The molecule has 1 saturated heterocycles. The van der Waals surface area contributed by atoms with E-state index >= 15 is 0 Å². The first-order valence-electron chi connectivity index (χ1n) is 7.36. The van der Waals surface area contributed by atoms with Gasteiger partial charge in [-0.2, -0.15) is 0 Å². The average Bonchev–Trinajstić information content (AvgIpc) is 3.19. The highest BCUT2D eigenvalue weighted by atomic mass is 35.5. The quantitative estimate of drug-likeness (QED) is 0.574. The Bertz CT molecular complexity index is 682. The van der Waals surface area contributed by atoms with Crippen LogP contribution in [0.15, 0.2) is 17.3 Å². The van der Waals surface area contributed by atoms with E-state index in [2.05, 4.69) is 22.0 Å². The molecule has 0 N–H and O–H groups in total. The van der Waals surface area contributed by atoms with E-state index in [1.54, 1.807) is 12.1 Å². The number of hydrogen-bond donors (Lipinski definition) is 0. The van der Waals surface area contributed by atoms with Crippen LogP contribution in [0.3, 0.4) is 0 Å². The number of morpholine rings is 1. The zero-order chi connectivity index (χ0) is 16.2. The Morgan fingerprint density at radius 2 is 2.17 bits per heavy atom. The molecule has 0 radical (unpaired) electrons. The summed E-state index contributed by atoms with van der Waals surface area (Å²) in [7, 11) is 0. The number of ketones is 1. The molecule has 0 aromatic carbocycles. The van der Waals surface area contributed by atoms with Gasteiger partial charge in [-0.15, -0.1) is 21.5 Å². The van der Waals surface area contributed by atoms with Gasteiger partial charge in [0, 0.05) is 19.6 Å². The van der Waals surface area contributed by atoms with Crippen molar-refractivity contribution in [2.45, 2.75) is 18.6 Å². The van der Waals surface area contributed by atoms with Gasteiger partial charge in [-0.25, -0.2) is 0 Å². The summed E-state index contributed by atoms with van der Waals surface area (Å²) in [6.45, 7) is 5.86. The number of thioether (sulfide) groups is 1. The second-order valence-electron chi connectivity index (χ2n) is 4.94. The van der Waals surface area contributed by atoms with Crippen LogP contribution < -0.4 is 4.90 Å². The third-order valence-electron chi connectivity index (χ3n) is 3.49. The lowest BCUT2D eigenvalue weighted by Crippen LogP contribution is -2.38. The van der Waals surface area contributed by atoms with E-state index in [0.717, 1.165) is 30.7 Å². The maximum atomic E-state index is 12.2. The van der Waals surface area contributed by atoms with Crippen LogP contribution in [0, 0.1) is 0 Å². The summed E-state index contributed by atoms with van der Waals surface area (Å²) in [6, 6.07) is 3.51. The summed E-state index contributed by atoms with van der Waals surface area (Å²) < 4.78 is 8.05. The molecule has 23 heavy (non-hydrogen) atoms. The van der Waals surface area contributed by atoms with Gasteiger partial charge in [0.25, 0.3) is 0 Å². The van der Waals surface area contributed by atoms with Crippen LogP contribution >= 0.6 is 34.7 Å². The molecule has 0 bridgehead atoms. The maximum Gasteiger partial charge on any atom is 0.228 e. The maximum absolute atomic E-state index is 12.2. The normalized spacial score (nSPS) is 15.1. The lowest BCUT2D eigenvalue weighted by atomic mass is 10.4. The molecule has 1 aliphatic rings. The number of Topliss-reactive ketones (excluding diaryl/α,β-unsaturated/α-hetero) is 1. The van der Waals surface area contributed by atoms with Gasteiger partial charge in [0.05, 0.1) is 28.2 Å². The number of rotatable bonds is 6. The van der Waals surface area contributed by atoms with Crippen molar-refractivity contribution in [3.8, 4) is 0 Å². The Kier molecular flexibility index (Phi) is 5.58. The minimum absolute atomic E-state index is 0.0606. The van der Waals surface area contributed by atoms with E-state index in [-0.39, 0.29) is 5.78 Å². The number of carbonyl (C=O) groups is 1. The number of nitrogens with zero attached hydrogens (tertiary/aromatic N) is 4. The lowest BCUT2D eigenvalue weighted by molar-refractivity contribution is 0.102. The van der Waals surface area contributed by atoms with Crippen LogP contribution in [0.25, 0.3) is 0 Å². The van der Waals surface area contributed by atoms with Gasteiger partial charge in [-0.1, -0.05) is 23.4 Å². The Balaban J connectivity index is 1.68. The van der Waals surface area contributed by atoms with Crippen molar-refractivity contribution in [1.82, 2.24) is 14.8 Å². The van der Waals surface area contributed by atoms with E-state index in [0.29, 0.717) is 28.2 Å². The molecular formula is C14H17ClN4O2S2. The number of halogens is 1. The Morgan fingerprint density at radius 3 is 2.83 bits per heavy atom. The minimum Gasteiger partial charge on any atom is -0.378 e. The van der Waals surface area contributed by atoms with Gasteiger partial charge < -0.3 is 9.64 Å². The number of thiophene rings is 1. The molecule has 3 heterocycles. The van der Waals surface area contributed by atoms with Crippen molar-refractivity contribution in [2.24, 2.45) is 0 Å². The molecule has 6 nitrogen and oxygen atoms in total. The average molecular weight is 373 g/mol. The van der Waals surface area contributed by atoms with Crippen LogP contribution in [0.5, 0.6) is 0 Å². The molecule has 0 atom stereocenters. The Labute approximate surface area is 147 Å². The second-order valence-corrected chi connectivity index (χ2v) is 7.60. The SMILES string of the molecule is CCn1c(SCC(=O)c2ccc(Cl)s2)nnc1N1CCOCC1. The standard InChI is InChI=1S/C14H17ClN4O2S2/c1-2-19-13(18-5-7-21-8-6-18)16-17-14(19)22-9-10(20)11-3-4-12(15)23-11/h3-4H,2,5-9H2,1H3. The van der Waals surface area contributed by atoms with Crippen molar-refractivity contribution >= 4 is 46.4 Å². The van der Waals surface area contributed by atoms with E-state index in [4.69, 9.17) is 16.3 Å². The highest BCUT2D eigenvalue weighted by Crippen LogP contribution is 2.26. The molecule has 0 aliphatic carbocycles. The molecule has 1 aliphatic heterocycles. The third kappa shape index (κ3) is 3.88. The molecule has 0 unspecified atom stereocenters. The fourth-order valence-electron chi connectivity index (χ4n) is 2.33. The Morgan fingerprint density at radius 1 is 1.39 bits per heavy atom. The molecule has 2 aromatic heterocycles. The van der Waals surface area contributed by atoms with E-state index in [1.807, 2.05) is 4.57 Å². The molecular weight excluding hydrogens is 356 g/mol. The molecule has 2 aromatic rings. The summed E-state index contributed by atoms with van der Waals surface area (Å²) in [4.78, 5) is 15.0. The van der Waals surface area contributed by atoms with Crippen LogP contribution in [0.2, 0.25) is 4.34 Å². The molecule has 9 heteroatoms. The second kappa shape index (κ2) is 7.65. The van der Waals surface area contributed by atoms with Crippen molar-refractivity contribution in [1.29, 1.82) is 0 Å². The molecule has 1 fully saturated rings. The first-order valence-corrected chi connectivity index (χ1v) is 9.54. The fourth-order valence-corrected chi connectivity index (χ4v) is 4.28. The molecule has 3 rings (SSSR count). The van der Waals surface area contributed by atoms with Crippen LogP contribution in [0.1, 0.15) is 16.6 Å². The molecule has 0 saturated carbocycles. The van der Waals surface area contributed by atoms with Crippen molar-refractivity contribution in [3.05, 3.63) is 21.3 Å². The van der Waals surface area contributed by atoms with Crippen LogP contribution in [0.4, 0.5) is 5.95 Å². The van der Waals surface area contributed by atoms with E-state index in [1.165, 1.54) is 23.1 Å².